The van der Waals surface area contributed by atoms with Gasteiger partial charge < -0.3 is 20.3 Å². The molecule has 5 heteroatoms. The molecule has 8 aromatic carbocycles. The average molecular weight is 735 g/mol. The first-order valence-corrected chi connectivity index (χ1v) is 19.3. The molecule has 0 saturated heterocycles. The molecule has 0 heterocycles. The first-order valence-electron chi connectivity index (χ1n) is 19.3. The molecule has 56 heavy (non-hydrogen) atoms. The molecule has 0 aliphatic heterocycles. The van der Waals surface area contributed by atoms with Crippen LogP contribution < -0.4 is 10.1 Å². The van der Waals surface area contributed by atoms with E-state index in [2.05, 4.69) is 74.6 Å². The first-order chi connectivity index (χ1) is 27.1. The Morgan fingerprint density at radius 3 is 1.55 bits per heavy atom. The van der Waals surface area contributed by atoms with Crippen molar-refractivity contribution in [3.8, 4) is 39.5 Å². The van der Waals surface area contributed by atoms with Gasteiger partial charge in [-0.05, 0) is 103 Å². The van der Waals surface area contributed by atoms with Crippen LogP contribution in [0.2, 0.25) is 0 Å². The van der Waals surface area contributed by atoms with Crippen LogP contribution in [0, 0.1) is 16.7 Å². The van der Waals surface area contributed by atoms with E-state index in [1.165, 1.54) is 5.92 Å². The summed E-state index contributed by atoms with van der Waals surface area (Å²) in [5.41, 5.74) is 3.97. The molecule has 9 rings (SSSR count). The first kappa shape index (κ1) is 35.4. The van der Waals surface area contributed by atoms with E-state index in [4.69, 9.17) is 4.74 Å². The van der Waals surface area contributed by atoms with Crippen molar-refractivity contribution in [2.45, 2.75) is 40.0 Å². The number of carbonyl (C=O) groups excluding carboxylic acids is 1. The van der Waals surface area contributed by atoms with Gasteiger partial charge in [-0.1, -0.05) is 148 Å². The van der Waals surface area contributed by atoms with Gasteiger partial charge >= 0.3 is 6.09 Å². The molecule has 1 amide bonds. The van der Waals surface area contributed by atoms with Crippen LogP contribution in [0.25, 0.3) is 65.3 Å². The van der Waals surface area contributed by atoms with Gasteiger partial charge in [-0.2, -0.15) is 0 Å². The number of aromatic hydroxyl groups is 2. The Labute approximate surface area is 327 Å². The third-order valence-corrected chi connectivity index (χ3v) is 11.6. The van der Waals surface area contributed by atoms with E-state index in [1.807, 2.05) is 84.9 Å². The summed E-state index contributed by atoms with van der Waals surface area (Å²) in [6.45, 7) is 7.26. The van der Waals surface area contributed by atoms with Crippen molar-refractivity contribution in [3.63, 3.8) is 0 Å². The van der Waals surface area contributed by atoms with E-state index >= 15 is 0 Å². The van der Waals surface area contributed by atoms with Crippen molar-refractivity contribution in [2.75, 3.05) is 6.54 Å². The van der Waals surface area contributed by atoms with Gasteiger partial charge in [-0.25, -0.2) is 4.79 Å². The average Bonchev–Trinajstić information content (AvgIpc) is 3.19. The van der Waals surface area contributed by atoms with Gasteiger partial charge in [0.2, 0.25) is 0 Å². The van der Waals surface area contributed by atoms with Crippen molar-refractivity contribution in [1.82, 2.24) is 5.32 Å². The van der Waals surface area contributed by atoms with E-state index in [0.29, 0.717) is 23.4 Å². The standard InChI is InChI=1S/C51H44NO4/c1-50(2)28-36(41-24-20-32-12-4-8-16-37(32)45(41)46-38-17-9-5-13-33(38)21-25-42(46)53)29-51(3,30-50)31-52-49(55)56-44-27-23-35-15-7-11-19-40(35)48(44)47-39-18-10-6-14-34(39)22-26-43(47)54/h4-27,53-54H,28-31H2,1-3H3,(H,52,55). The molecule has 0 aromatic heterocycles. The number of phenols is 2. The molecule has 1 aliphatic carbocycles. The number of ether oxygens (including phenoxy) is 1. The summed E-state index contributed by atoms with van der Waals surface area (Å²) in [5.74, 6) is 2.06. The minimum absolute atomic E-state index is 0.0605. The molecule has 3 N–H and O–H groups in total. The van der Waals surface area contributed by atoms with E-state index in [-0.39, 0.29) is 22.3 Å². The Morgan fingerprint density at radius 1 is 0.554 bits per heavy atom. The Hall–Kier alpha value is -6.33. The number of benzene rings is 8. The lowest BCUT2D eigenvalue weighted by Crippen LogP contribution is -2.44. The lowest BCUT2D eigenvalue weighted by molar-refractivity contribution is 0.116. The van der Waals surface area contributed by atoms with Crippen LogP contribution in [-0.2, 0) is 0 Å². The Balaban J connectivity index is 1.05. The maximum atomic E-state index is 13.9. The minimum atomic E-state index is -0.542. The van der Waals surface area contributed by atoms with Gasteiger partial charge in [0.15, 0.2) is 0 Å². The van der Waals surface area contributed by atoms with E-state index in [0.717, 1.165) is 79.0 Å². The fourth-order valence-corrected chi connectivity index (χ4v) is 9.65. The van der Waals surface area contributed by atoms with Crippen molar-refractivity contribution >= 4 is 49.2 Å². The fourth-order valence-electron chi connectivity index (χ4n) is 9.65. The van der Waals surface area contributed by atoms with Gasteiger partial charge in [0, 0.05) is 29.2 Å². The molecule has 277 valence electrons. The maximum Gasteiger partial charge on any atom is 0.412 e. The molecule has 8 aromatic rings. The summed E-state index contributed by atoms with van der Waals surface area (Å²) in [6, 6.07) is 48.1. The Bertz CT molecular complexity index is 2820. The number of rotatable bonds is 6. The lowest BCUT2D eigenvalue weighted by atomic mass is 9.59. The van der Waals surface area contributed by atoms with Gasteiger partial charge in [-0.15, -0.1) is 0 Å². The second-order valence-corrected chi connectivity index (χ2v) is 16.6. The second-order valence-electron chi connectivity index (χ2n) is 16.6. The highest BCUT2D eigenvalue weighted by molar-refractivity contribution is 6.11. The normalized spacial score (nSPS) is 17.1. The second kappa shape index (κ2) is 13.8. The number of hydrogen-bond donors (Lipinski definition) is 3. The van der Waals surface area contributed by atoms with Crippen molar-refractivity contribution < 1.29 is 19.7 Å². The largest absolute Gasteiger partial charge is 0.507 e. The number of phenolic OH excluding ortho intramolecular Hbond substituents is 2. The van der Waals surface area contributed by atoms with Crippen LogP contribution in [0.4, 0.5) is 4.79 Å². The Morgan fingerprint density at radius 2 is 1.00 bits per heavy atom. The minimum Gasteiger partial charge on any atom is -0.507 e. The van der Waals surface area contributed by atoms with Crippen molar-refractivity contribution in [2.24, 2.45) is 10.8 Å². The third kappa shape index (κ3) is 6.37. The summed E-state index contributed by atoms with van der Waals surface area (Å²) in [4.78, 5) is 13.9. The summed E-state index contributed by atoms with van der Waals surface area (Å²) in [7, 11) is 0. The van der Waals surface area contributed by atoms with Crippen molar-refractivity contribution in [3.05, 3.63) is 157 Å². The highest BCUT2D eigenvalue weighted by Crippen LogP contribution is 2.54. The zero-order valence-corrected chi connectivity index (χ0v) is 31.9. The molecule has 1 aliphatic rings. The maximum absolute atomic E-state index is 13.9. The number of carbonyl (C=O) groups is 1. The Kier molecular flexibility index (Phi) is 8.69. The van der Waals surface area contributed by atoms with E-state index < -0.39 is 6.09 Å². The highest BCUT2D eigenvalue weighted by Gasteiger charge is 2.43. The predicted molar refractivity (Wildman–Crippen MR) is 229 cm³/mol. The molecule has 1 fully saturated rings. The van der Waals surface area contributed by atoms with E-state index in [9.17, 15) is 15.0 Å². The lowest BCUT2D eigenvalue weighted by Gasteiger charge is -2.47. The molecule has 1 unspecified atom stereocenters. The molecule has 0 spiro atoms. The molecule has 5 nitrogen and oxygen atoms in total. The van der Waals surface area contributed by atoms with Crippen LogP contribution in [-0.4, -0.2) is 22.9 Å². The molecule has 1 radical (unpaired) electrons. The van der Waals surface area contributed by atoms with Crippen LogP contribution in [0.3, 0.4) is 0 Å². The van der Waals surface area contributed by atoms with Gasteiger partial charge in [-0.3, -0.25) is 0 Å². The topological polar surface area (TPSA) is 78.8 Å². The van der Waals surface area contributed by atoms with Gasteiger partial charge in [0.05, 0.1) is 0 Å². The van der Waals surface area contributed by atoms with Crippen molar-refractivity contribution in [1.29, 1.82) is 0 Å². The van der Waals surface area contributed by atoms with Crippen LogP contribution >= 0.6 is 0 Å². The van der Waals surface area contributed by atoms with Gasteiger partial charge in [0.25, 0.3) is 0 Å². The zero-order valence-electron chi connectivity index (χ0n) is 31.9. The molecule has 1 atom stereocenters. The quantitative estimate of drug-likeness (QED) is 0.159. The molecule has 0 bridgehead atoms. The SMILES string of the molecule is CC1(C)C[C](c2ccc3ccccc3c2-c2c(O)ccc3ccccc23)CC(C)(CNC(=O)Oc2ccc3ccccc3c2-c2c(O)ccc3ccccc23)C1. The number of hydrogen-bond acceptors (Lipinski definition) is 4. The predicted octanol–water partition coefficient (Wildman–Crippen LogP) is 13.0. The van der Waals surface area contributed by atoms with Crippen LogP contribution in [0.15, 0.2) is 146 Å². The van der Waals surface area contributed by atoms with Crippen LogP contribution in [0.1, 0.15) is 45.6 Å². The number of fused-ring (bicyclic) bond motifs is 4. The molecular formula is C51H44NO4. The molecular weight excluding hydrogens is 691 g/mol. The summed E-state index contributed by atoms with van der Waals surface area (Å²) in [6.07, 6.45) is 2.01. The summed E-state index contributed by atoms with van der Waals surface area (Å²) in [5, 5.41) is 34.0. The van der Waals surface area contributed by atoms with Gasteiger partial charge in [0.1, 0.15) is 17.2 Å². The van der Waals surface area contributed by atoms with E-state index in [1.54, 1.807) is 12.1 Å². The van der Waals surface area contributed by atoms with Crippen LogP contribution in [0.5, 0.6) is 17.2 Å². The fraction of sp³-hybridized carbons (Fsp3) is 0.176. The highest BCUT2D eigenvalue weighted by atomic mass is 16.6. The summed E-state index contributed by atoms with van der Waals surface area (Å²) >= 11 is 0. The third-order valence-electron chi connectivity index (χ3n) is 11.6. The monoisotopic (exact) mass is 734 g/mol. The smallest absolute Gasteiger partial charge is 0.412 e. The number of nitrogens with one attached hydrogen (secondary N) is 1. The summed E-state index contributed by atoms with van der Waals surface area (Å²) < 4.78 is 6.19. The number of amides is 1. The molecule has 1 saturated carbocycles. The zero-order chi connectivity index (χ0) is 38.6.